The lowest BCUT2D eigenvalue weighted by Crippen LogP contribution is -2.37. The van der Waals surface area contributed by atoms with Gasteiger partial charge in [0, 0.05) is 38.6 Å². The van der Waals surface area contributed by atoms with Crippen molar-refractivity contribution in [2.24, 2.45) is 5.92 Å². The molecule has 1 aliphatic heterocycles. The average Bonchev–Trinajstić information content (AvgIpc) is 3.31. The molecule has 1 saturated heterocycles. The molecule has 0 unspecified atom stereocenters. The van der Waals surface area contributed by atoms with Gasteiger partial charge in [-0.3, -0.25) is 0 Å². The highest BCUT2D eigenvalue weighted by atomic mass is 32.2. The van der Waals surface area contributed by atoms with E-state index in [1.807, 2.05) is 13.1 Å². The summed E-state index contributed by atoms with van der Waals surface area (Å²) in [6.07, 6.45) is 5.11. The normalized spacial score (nSPS) is 15.2. The van der Waals surface area contributed by atoms with Crippen LogP contribution >= 0.6 is 0 Å². The average molecular weight is 488 g/mol. The van der Waals surface area contributed by atoms with Gasteiger partial charge in [-0.15, -0.1) is 0 Å². The summed E-state index contributed by atoms with van der Waals surface area (Å²) in [7, 11) is 0.288. The molecular formula is C24H33N5O4S. The second kappa shape index (κ2) is 11.2. The van der Waals surface area contributed by atoms with E-state index in [0.29, 0.717) is 35.4 Å². The molecule has 0 saturated carbocycles. The molecule has 0 spiro atoms. The van der Waals surface area contributed by atoms with E-state index in [-0.39, 0.29) is 5.75 Å². The molecule has 1 aromatic carbocycles. The van der Waals surface area contributed by atoms with Crippen molar-refractivity contribution in [3.05, 3.63) is 36.6 Å². The standard InChI is InChI=1S/C24H33N5O4S/c1-25-17-18-9-12-29(13-10-18)23-22-21(11-15-33-22)27-24(28-23)26-19-5-7-20(8-6-19)34(30,31)16-4-3-14-32-2/h5-8,11,15,18,25H,3-4,9-10,12-14,16-17H2,1-2H3,(H,26,27,28). The Kier molecular flexibility index (Phi) is 8.02. The quantitative estimate of drug-likeness (QED) is 0.392. The molecule has 3 heterocycles. The van der Waals surface area contributed by atoms with Crippen molar-refractivity contribution >= 4 is 38.4 Å². The zero-order chi connectivity index (χ0) is 24.0. The number of hydrogen-bond donors (Lipinski definition) is 2. The minimum Gasteiger partial charge on any atom is -0.459 e. The Bertz CT molecular complexity index is 1170. The number of nitrogens with one attached hydrogen (secondary N) is 2. The maximum Gasteiger partial charge on any atom is 0.229 e. The van der Waals surface area contributed by atoms with Crippen molar-refractivity contribution in [1.82, 2.24) is 15.3 Å². The molecule has 0 amide bonds. The molecule has 4 rings (SSSR count). The summed E-state index contributed by atoms with van der Waals surface area (Å²) >= 11 is 0. The Balaban J connectivity index is 1.47. The van der Waals surface area contributed by atoms with Gasteiger partial charge in [-0.05, 0) is 69.5 Å². The Morgan fingerprint density at radius 1 is 1.12 bits per heavy atom. The van der Waals surface area contributed by atoms with Crippen LogP contribution in [0.15, 0.2) is 45.9 Å². The van der Waals surface area contributed by atoms with E-state index in [1.165, 1.54) is 0 Å². The van der Waals surface area contributed by atoms with E-state index in [0.717, 1.165) is 55.9 Å². The third-order valence-corrected chi connectivity index (χ3v) is 7.99. The first-order valence-corrected chi connectivity index (χ1v) is 13.4. The van der Waals surface area contributed by atoms with Gasteiger partial charge in [0.15, 0.2) is 21.2 Å². The number of nitrogens with zero attached hydrogens (tertiary/aromatic N) is 3. The zero-order valence-electron chi connectivity index (χ0n) is 19.8. The molecule has 3 aromatic rings. The fourth-order valence-corrected chi connectivity index (χ4v) is 5.66. The number of anilines is 3. The molecule has 0 radical (unpaired) electrons. The first-order valence-electron chi connectivity index (χ1n) is 11.7. The van der Waals surface area contributed by atoms with Crippen LogP contribution in [0.5, 0.6) is 0 Å². The highest BCUT2D eigenvalue weighted by Gasteiger charge is 2.23. The second-order valence-corrected chi connectivity index (χ2v) is 10.8. The van der Waals surface area contributed by atoms with E-state index in [4.69, 9.17) is 14.1 Å². The molecule has 34 heavy (non-hydrogen) atoms. The summed E-state index contributed by atoms with van der Waals surface area (Å²) in [5.74, 6) is 2.02. The van der Waals surface area contributed by atoms with Gasteiger partial charge in [0.1, 0.15) is 5.52 Å². The summed E-state index contributed by atoms with van der Waals surface area (Å²) in [5, 5.41) is 6.49. The Labute approximate surface area is 200 Å². The van der Waals surface area contributed by atoms with E-state index in [9.17, 15) is 8.42 Å². The van der Waals surface area contributed by atoms with E-state index < -0.39 is 9.84 Å². The number of fused-ring (bicyclic) bond motifs is 1. The predicted molar refractivity (Wildman–Crippen MR) is 134 cm³/mol. The number of piperidine rings is 1. The largest absolute Gasteiger partial charge is 0.459 e. The van der Waals surface area contributed by atoms with Crippen LogP contribution in [0.2, 0.25) is 0 Å². The van der Waals surface area contributed by atoms with E-state index in [1.54, 1.807) is 37.6 Å². The second-order valence-electron chi connectivity index (χ2n) is 8.66. The van der Waals surface area contributed by atoms with E-state index in [2.05, 4.69) is 20.5 Å². The summed E-state index contributed by atoms with van der Waals surface area (Å²) in [6, 6.07) is 8.57. The number of aromatic nitrogens is 2. The zero-order valence-corrected chi connectivity index (χ0v) is 20.6. The summed E-state index contributed by atoms with van der Waals surface area (Å²) in [6.45, 7) is 3.42. The lowest BCUT2D eigenvalue weighted by Gasteiger charge is -2.32. The van der Waals surface area contributed by atoms with Crippen LogP contribution in [0.1, 0.15) is 25.7 Å². The van der Waals surface area contributed by atoms with Crippen LogP contribution in [0.4, 0.5) is 17.5 Å². The van der Waals surface area contributed by atoms with Crippen molar-refractivity contribution < 1.29 is 17.6 Å². The SMILES string of the molecule is CNCC1CCN(c2nc(Nc3ccc(S(=O)(=O)CCCCOC)cc3)nc3ccoc23)CC1. The molecule has 2 N–H and O–H groups in total. The number of furan rings is 1. The molecule has 9 nitrogen and oxygen atoms in total. The molecule has 1 aliphatic rings. The maximum absolute atomic E-state index is 12.6. The lowest BCUT2D eigenvalue weighted by atomic mass is 9.97. The topological polar surface area (TPSA) is 110 Å². The molecule has 1 fully saturated rings. The van der Waals surface area contributed by atoms with Crippen LogP contribution in [0.3, 0.4) is 0 Å². The van der Waals surface area contributed by atoms with Crippen LogP contribution in [0.25, 0.3) is 11.1 Å². The number of methoxy groups -OCH3 is 1. The highest BCUT2D eigenvalue weighted by Crippen LogP contribution is 2.30. The fraction of sp³-hybridized carbons (Fsp3) is 0.500. The first kappa shape index (κ1) is 24.4. The molecule has 0 atom stereocenters. The minimum absolute atomic E-state index is 0.109. The third-order valence-electron chi connectivity index (χ3n) is 6.17. The molecule has 0 aliphatic carbocycles. The van der Waals surface area contributed by atoms with Gasteiger partial charge in [-0.1, -0.05) is 0 Å². The van der Waals surface area contributed by atoms with Crippen LogP contribution in [-0.4, -0.2) is 64.5 Å². The van der Waals surface area contributed by atoms with Gasteiger partial charge in [-0.25, -0.2) is 13.4 Å². The van der Waals surface area contributed by atoms with Gasteiger partial charge in [0.25, 0.3) is 0 Å². The molecule has 184 valence electrons. The third kappa shape index (κ3) is 5.86. The van der Waals surface area contributed by atoms with Crippen molar-refractivity contribution in [1.29, 1.82) is 0 Å². The predicted octanol–water partition coefficient (Wildman–Crippen LogP) is 3.60. The molecule has 2 aromatic heterocycles. The first-order chi connectivity index (χ1) is 16.5. The number of hydrogen-bond acceptors (Lipinski definition) is 9. The molecule has 0 bridgehead atoms. The van der Waals surface area contributed by atoms with Crippen LogP contribution in [0, 0.1) is 5.92 Å². The Morgan fingerprint density at radius 2 is 1.88 bits per heavy atom. The lowest BCUT2D eigenvalue weighted by molar-refractivity contribution is 0.194. The van der Waals surface area contributed by atoms with Gasteiger partial charge < -0.3 is 24.7 Å². The van der Waals surface area contributed by atoms with Crippen molar-refractivity contribution in [3.63, 3.8) is 0 Å². The summed E-state index contributed by atoms with van der Waals surface area (Å²) in [5.41, 5.74) is 2.15. The van der Waals surface area contributed by atoms with Crippen LogP contribution in [-0.2, 0) is 14.6 Å². The van der Waals surface area contributed by atoms with E-state index >= 15 is 0 Å². The minimum atomic E-state index is -3.32. The fourth-order valence-electron chi connectivity index (χ4n) is 4.29. The number of sulfone groups is 1. The monoisotopic (exact) mass is 487 g/mol. The number of rotatable bonds is 11. The number of unbranched alkanes of at least 4 members (excludes halogenated alkanes) is 1. The molecule has 10 heteroatoms. The van der Waals surface area contributed by atoms with Crippen molar-refractivity contribution in [2.75, 3.05) is 56.4 Å². The highest BCUT2D eigenvalue weighted by molar-refractivity contribution is 7.91. The molecular weight excluding hydrogens is 454 g/mol. The summed E-state index contributed by atoms with van der Waals surface area (Å²) in [4.78, 5) is 11.9. The van der Waals surface area contributed by atoms with Crippen molar-refractivity contribution in [2.45, 2.75) is 30.6 Å². The van der Waals surface area contributed by atoms with Crippen molar-refractivity contribution in [3.8, 4) is 0 Å². The smallest absolute Gasteiger partial charge is 0.229 e. The van der Waals surface area contributed by atoms with Gasteiger partial charge in [0.2, 0.25) is 5.95 Å². The van der Waals surface area contributed by atoms with Gasteiger partial charge >= 0.3 is 0 Å². The Morgan fingerprint density at radius 3 is 2.59 bits per heavy atom. The van der Waals surface area contributed by atoms with Gasteiger partial charge in [0.05, 0.1) is 16.9 Å². The maximum atomic E-state index is 12.6. The number of ether oxygens (including phenoxy) is 1. The van der Waals surface area contributed by atoms with Crippen LogP contribution < -0.4 is 15.5 Å². The number of benzene rings is 1. The summed E-state index contributed by atoms with van der Waals surface area (Å²) < 4.78 is 35.8. The van der Waals surface area contributed by atoms with Gasteiger partial charge in [-0.2, -0.15) is 4.98 Å². The Hall–Kier alpha value is -2.69.